The topological polar surface area (TPSA) is 58.6 Å². The maximum absolute atomic E-state index is 12.9. The Morgan fingerprint density at radius 3 is 2.31 bits per heavy atom. The molecular formula is C22H26Cl2N2O3. The first-order chi connectivity index (χ1) is 13.5. The summed E-state index contributed by atoms with van der Waals surface area (Å²) < 4.78 is 5.59. The Morgan fingerprint density at radius 1 is 1.07 bits per heavy atom. The molecule has 0 fully saturated rings. The van der Waals surface area contributed by atoms with E-state index in [0.717, 1.165) is 5.56 Å². The molecular weight excluding hydrogens is 411 g/mol. The molecule has 2 aromatic carbocycles. The lowest BCUT2D eigenvalue weighted by Gasteiger charge is -2.31. The Hall–Kier alpha value is -2.24. The molecule has 0 bridgehead atoms. The lowest BCUT2D eigenvalue weighted by Crippen LogP contribution is -2.53. The van der Waals surface area contributed by atoms with Crippen LogP contribution in [0, 0.1) is 0 Å². The van der Waals surface area contributed by atoms with Crippen LogP contribution >= 0.6 is 23.2 Å². The van der Waals surface area contributed by atoms with Gasteiger partial charge in [0.2, 0.25) is 5.91 Å². The van der Waals surface area contributed by atoms with E-state index in [0.29, 0.717) is 15.8 Å². The number of halogens is 2. The minimum Gasteiger partial charge on any atom is -0.484 e. The van der Waals surface area contributed by atoms with Crippen LogP contribution in [0.3, 0.4) is 0 Å². The van der Waals surface area contributed by atoms with Crippen molar-refractivity contribution in [3.8, 4) is 5.75 Å². The third-order valence-electron chi connectivity index (χ3n) is 4.08. The number of rotatable bonds is 7. The van der Waals surface area contributed by atoms with Crippen LogP contribution in [0.2, 0.25) is 10.0 Å². The molecule has 2 rings (SSSR count). The summed E-state index contributed by atoms with van der Waals surface area (Å²) >= 11 is 11.9. The van der Waals surface area contributed by atoms with Crippen LogP contribution in [0.5, 0.6) is 5.75 Å². The van der Waals surface area contributed by atoms with Crippen molar-refractivity contribution in [1.82, 2.24) is 10.2 Å². The van der Waals surface area contributed by atoms with Crippen molar-refractivity contribution in [1.29, 1.82) is 0 Å². The number of benzene rings is 2. The molecule has 1 N–H and O–H groups in total. The van der Waals surface area contributed by atoms with Crippen LogP contribution < -0.4 is 10.1 Å². The summed E-state index contributed by atoms with van der Waals surface area (Å²) in [7, 11) is 0. The molecule has 156 valence electrons. The van der Waals surface area contributed by atoms with Gasteiger partial charge < -0.3 is 15.0 Å². The summed E-state index contributed by atoms with van der Waals surface area (Å²) in [6, 6.07) is 13.3. The first-order valence-corrected chi connectivity index (χ1v) is 10.0. The van der Waals surface area contributed by atoms with E-state index in [1.165, 1.54) is 4.90 Å². The standard InChI is InChI=1S/C22H26Cl2N2O3/c1-15(21(28)25-22(2,3)4)26(13-16-6-5-7-18(24)12-16)20(27)14-29-19-10-8-17(23)9-11-19/h5-12,15H,13-14H2,1-4H3,(H,25,28)/t15-/m0/s1. The van der Waals surface area contributed by atoms with Crippen molar-refractivity contribution in [3.05, 3.63) is 64.1 Å². The lowest BCUT2D eigenvalue weighted by molar-refractivity contribution is -0.142. The normalized spacial score (nSPS) is 12.2. The van der Waals surface area contributed by atoms with Crippen LogP contribution in [0.25, 0.3) is 0 Å². The second kappa shape index (κ2) is 9.99. The number of hydrogen-bond acceptors (Lipinski definition) is 3. The van der Waals surface area contributed by atoms with Crippen molar-refractivity contribution in [2.24, 2.45) is 0 Å². The molecule has 0 spiro atoms. The zero-order chi connectivity index (χ0) is 21.6. The molecule has 0 aliphatic carbocycles. The Labute approximate surface area is 181 Å². The number of hydrogen-bond donors (Lipinski definition) is 1. The number of ether oxygens (including phenoxy) is 1. The first kappa shape index (κ1) is 23.0. The average Bonchev–Trinajstić information content (AvgIpc) is 2.63. The van der Waals surface area contributed by atoms with Crippen LogP contribution in [-0.4, -0.2) is 34.9 Å². The summed E-state index contributed by atoms with van der Waals surface area (Å²) in [5.74, 6) is -0.0203. The molecule has 5 nitrogen and oxygen atoms in total. The first-order valence-electron chi connectivity index (χ1n) is 9.29. The summed E-state index contributed by atoms with van der Waals surface area (Å²) in [5.41, 5.74) is 0.420. The Balaban J connectivity index is 2.16. The molecule has 0 unspecified atom stereocenters. The highest BCUT2D eigenvalue weighted by atomic mass is 35.5. The molecule has 1 atom stereocenters. The van der Waals surface area contributed by atoms with Gasteiger partial charge in [-0.2, -0.15) is 0 Å². The Morgan fingerprint density at radius 2 is 1.72 bits per heavy atom. The van der Waals surface area contributed by atoms with Gasteiger partial charge in [0, 0.05) is 22.1 Å². The van der Waals surface area contributed by atoms with E-state index >= 15 is 0 Å². The lowest BCUT2D eigenvalue weighted by atomic mass is 10.1. The van der Waals surface area contributed by atoms with E-state index in [1.54, 1.807) is 43.3 Å². The highest BCUT2D eigenvalue weighted by Gasteiger charge is 2.28. The third kappa shape index (κ3) is 7.59. The van der Waals surface area contributed by atoms with Crippen LogP contribution in [0.4, 0.5) is 0 Å². The van der Waals surface area contributed by atoms with E-state index < -0.39 is 11.6 Å². The van der Waals surface area contributed by atoms with Gasteiger partial charge in [-0.15, -0.1) is 0 Å². The molecule has 0 heterocycles. The smallest absolute Gasteiger partial charge is 0.261 e. The van der Waals surface area contributed by atoms with Crippen molar-refractivity contribution < 1.29 is 14.3 Å². The van der Waals surface area contributed by atoms with Gasteiger partial charge in [0.25, 0.3) is 5.91 Å². The van der Waals surface area contributed by atoms with Crippen LogP contribution in [0.15, 0.2) is 48.5 Å². The highest BCUT2D eigenvalue weighted by molar-refractivity contribution is 6.30. The Kier molecular flexibility index (Phi) is 7.94. The maximum Gasteiger partial charge on any atom is 0.261 e. The van der Waals surface area contributed by atoms with Crippen LogP contribution in [-0.2, 0) is 16.1 Å². The van der Waals surface area contributed by atoms with Gasteiger partial charge in [0.1, 0.15) is 11.8 Å². The van der Waals surface area contributed by atoms with E-state index in [2.05, 4.69) is 5.32 Å². The molecule has 7 heteroatoms. The summed E-state index contributed by atoms with van der Waals surface area (Å²) in [4.78, 5) is 27.1. The number of amides is 2. The maximum atomic E-state index is 12.9. The van der Waals surface area contributed by atoms with Crippen molar-refractivity contribution in [2.75, 3.05) is 6.61 Å². The number of carbonyl (C=O) groups excluding carboxylic acids is 2. The van der Waals surface area contributed by atoms with Gasteiger partial charge in [0.15, 0.2) is 6.61 Å². The molecule has 0 saturated carbocycles. The quantitative estimate of drug-likeness (QED) is 0.683. The number of nitrogens with one attached hydrogen (secondary N) is 1. The van der Waals surface area contributed by atoms with E-state index in [9.17, 15) is 9.59 Å². The highest BCUT2D eigenvalue weighted by Crippen LogP contribution is 2.18. The number of nitrogens with zero attached hydrogens (tertiary/aromatic N) is 1. The van der Waals surface area contributed by atoms with Crippen LogP contribution in [0.1, 0.15) is 33.3 Å². The van der Waals surface area contributed by atoms with Gasteiger partial charge in [0.05, 0.1) is 0 Å². The molecule has 2 aromatic rings. The molecule has 0 aromatic heterocycles. The summed E-state index contributed by atoms with van der Waals surface area (Å²) in [6.07, 6.45) is 0. The van der Waals surface area contributed by atoms with Crippen molar-refractivity contribution in [2.45, 2.75) is 45.8 Å². The second-order valence-corrected chi connectivity index (χ2v) is 8.68. The number of carbonyl (C=O) groups is 2. The molecule has 0 saturated heterocycles. The largest absolute Gasteiger partial charge is 0.484 e. The van der Waals surface area contributed by atoms with Gasteiger partial charge >= 0.3 is 0 Å². The fraction of sp³-hybridized carbons (Fsp3) is 0.364. The van der Waals surface area contributed by atoms with Crippen molar-refractivity contribution in [3.63, 3.8) is 0 Å². The van der Waals surface area contributed by atoms with Gasteiger partial charge in [-0.1, -0.05) is 35.3 Å². The molecule has 0 aliphatic rings. The summed E-state index contributed by atoms with van der Waals surface area (Å²) in [6.45, 7) is 7.42. The minimum atomic E-state index is -0.686. The van der Waals surface area contributed by atoms with E-state index in [1.807, 2.05) is 32.9 Å². The fourth-order valence-corrected chi connectivity index (χ4v) is 2.99. The zero-order valence-electron chi connectivity index (χ0n) is 17.0. The average molecular weight is 437 g/mol. The monoisotopic (exact) mass is 436 g/mol. The SMILES string of the molecule is C[C@@H](C(=O)NC(C)(C)C)N(Cc1cccc(Cl)c1)C(=O)COc1ccc(Cl)cc1. The molecule has 29 heavy (non-hydrogen) atoms. The van der Waals surface area contributed by atoms with E-state index in [-0.39, 0.29) is 25.0 Å². The Bertz CT molecular complexity index is 848. The minimum absolute atomic E-state index is 0.199. The zero-order valence-corrected chi connectivity index (χ0v) is 18.6. The van der Waals surface area contributed by atoms with Gasteiger partial charge in [-0.05, 0) is 69.7 Å². The van der Waals surface area contributed by atoms with Gasteiger partial charge in [-0.3, -0.25) is 9.59 Å². The molecule has 0 aliphatic heterocycles. The third-order valence-corrected chi connectivity index (χ3v) is 4.57. The van der Waals surface area contributed by atoms with E-state index in [4.69, 9.17) is 27.9 Å². The predicted molar refractivity (Wildman–Crippen MR) is 116 cm³/mol. The molecule has 2 amide bonds. The molecule has 0 radical (unpaired) electrons. The predicted octanol–water partition coefficient (Wildman–Crippen LogP) is 4.70. The second-order valence-electron chi connectivity index (χ2n) is 7.81. The van der Waals surface area contributed by atoms with Crippen molar-refractivity contribution >= 4 is 35.0 Å². The fourth-order valence-electron chi connectivity index (χ4n) is 2.65. The van der Waals surface area contributed by atoms with Gasteiger partial charge in [-0.25, -0.2) is 0 Å². The summed E-state index contributed by atoms with van der Waals surface area (Å²) in [5, 5.41) is 4.07.